The lowest BCUT2D eigenvalue weighted by molar-refractivity contribution is -0.143. The van der Waals surface area contributed by atoms with Crippen LogP contribution in [-0.2, 0) is 28.2 Å². The van der Waals surface area contributed by atoms with Crippen LogP contribution in [0.5, 0.6) is 0 Å². The van der Waals surface area contributed by atoms with Gasteiger partial charge >= 0.3 is 12.4 Å². The second-order valence-electron chi connectivity index (χ2n) is 9.11. The predicted octanol–water partition coefficient (Wildman–Crippen LogP) is 5.59. The van der Waals surface area contributed by atoms with E-state index in [-0.39, 0.29) is 24.8 Å². The van der Waals surface area contributed by atoms with E-state index in [0.717, 1.165) is 5.56 Å². The Balaban J connectivity index is 1.61. The molecular formula is C25H23F6N5O. The van der Waals surface area contributed by atoms with Crippen molar-refractivity contribution in [3.8, 4) is 6.07 Å². The molecule has 12 heteroatoms. The summed E-state index contributed by atoms with van der Waals surface area (Å²) in [5.41, 5.74) is -4.01. The molecule has 4 rings (SSSR count). The predicted molar refractivity (Wildman–Crippen MR) is 120 cm³/mol. The van der Waals surface area contributed by atoms with E-state index >= 15 is 0 Å². The van der Waals surface area contributed by atoms with Crippen molar-refractivity contribution in [3.05, 3.63) is 83.4 Å². The standard InChI is InChI=1S/C25H23F6N5O/c1-17(18-9-20(24(26,27)28)11-21(10-18)25(29,30)31)37-14-23(19-5-3-2-4-6-19)8-7-22(12-32,13-33-23)36-15-34-35-16-36/h2-6,9-11,15-17,33H,7-8,13-14H2,1H3/t17-,22+,23-/m1/s1. The molecule has 0 bridgehead atoms. The summed E-state index contributed by atoms with van der Waals surface area (Å²) >= 11 is 0. The molecule has 1 aliphatic rings. The van der Waals surface area contributed by atoms with Crippen molar-refractivity contribution in [1.29, 1.82) is 5.26 Å². The van der Waals surface area contributed by atoms with Crippen LogP contribution in [-0.4, -0.2) is 27.9 Å². The Kier molecular flexibility index (Phi) is 7.05. The van der Waals surface area contributed by atoms with Crippen LogP contribution in [0.4, 0.5) is 26.3 Å². The molecule has 0 aliphatic carbocycles. The Bertz CT molecular complexity index is 1210. The first-order valence-electron chi connectivity index (χ1n) is 11.4. The SMILES string of the molecule is C[C@@H](OC[C@@]1(c2ccccc2)CC[C@@](C#N)(n2cnnc2)CN1)c1cc(C(F)(F)F)cc(C(F)(F)F)c1. The Labute approximate surface area is 208 Å². The zero-order chi connectivity index (χ0) is 26.9. The van der Waals surface area contributed by atoms with Gasteiger partial charge in [0.15, 0.2) is 0 Å². The lowest BCUT2D eigenvalue weighted by atomic mass is 9.76. The van der Waals surface area contributed by atoms with Gasteiger partial charge in [-0.25, -0.2) is 0 Å². The van der Waals surface area contributed by atoms with Crippen molar-refractivity contribution in [2.75, 3.05) is 13.2 Å². The van der Waals surface area contributed by atoms with Crippen LogP contribution in [0.2, 0.25) is 0 Å². The Morgan fingerprint density at radius 3 is 2.08 bits per heavy atom. The van der Waals surface area contributed by atoms with Crippen molar-refractivity contribution >= 4 is 0 Å². The first kappa shape index (κ1) is 26.6. The number of nitriles is 1. The van der Waals surface area contributed by atoms with Gasteiger partial charge in [-0.2, -0.15) is 31.6 Å². The third-order valence-corrected chi connectivity index (χ3v) is 6.79. The van der Waals surface area contributed by atoms with Crippen LogP contribution in [0.15, 0.2) is 61.2 Å². The normalized spacial score (nSPS) is 23.4. The number of nitrogens with one attached hydrogen (secondary N) is 1. The highest BCUT2D eigenvalue weighted by Gasteiger charge is 2.45. The highest BCUT2D eigenvalue weighted by Crippen LogP contribution is 2.40. The van der Waals surface area contributed by atoms with Gasteiger partial charge in [0, 0.05) is 6.54 Å². The number of benzene rings is 2. The molecule has 1 fully saturated rings. The molecule has 37 heavy (non-hydrogen) atoms. The topological polar surface area (TPSA) is 75.8 Å². The molecule has 0 saturated carbocycles. The zero-order valence-electron chi connectivity index (χ0n) is 19.6. The zero-order valence-corrected chi connectivity index (χ0v) is 19.6. The molecule has 1 aromatic heterocycles. The molecule has 2 heterocycles. The summed E-state index contributed by atoms with van der Waals surface area (Å²) in [6.45, 7) is 1.54. The quantitative estimate of drug-likeness (QED) is 0.427. The van der Waals surface area contributed by atoms with Gasteiger partial charge in [-0.05, 0) is 49.1 Å². The third kappa shape index (κ3) is 5.47. The van der Waals surface area contributed by atoms with Gasteiger partial charge in [-0.3, -0.25) is 4.57 Å². The Morgan fingerprint density at radius 1 is 1.00 bits per heavy atom. The fourth-order valence-corrected chi connectivity index (χ4v) is 4.49. The van der Waals surface area contributed by atoms with Gasteiger partial charge in [-0.15, -0.1) is 10.2 Å². The largest absolute Gasteiger partial charge is 0.416 e. The molecule has 196 valence electrons. The Hall–Kier alpha value is -3.43. The summed E-state index contributed by atoms with van der Waals surface area (Å²) in [5, 5.41) is 20.8. The van der Waals surface area contributed by atoms with Crippen molar-refractivity contribution in [1.82, 2.24) is 20.1 Å². The summed E-state index contributed by atoms with van der Waals surface area (Å²) in [7, 11) is 0. The lowest BCUT2D eigenvalue weighted by Gasteiger charge is -2.45. The maximum Gasteiger partial charge on any atom is 0.416 e. The smallest absolute Gasteiger partial charge is 0.372 e. The van der Waals surface area contributed by atoms with Crippen LogP contribution < -0.4 is 5.32 Å². The van der Waals surface area contributed by atoms with E-state index in [1.807, 2.05) is 30.3 Å². The van der Waals surface area contributed by atoms with Gasteiger partial charge in [0.05, 0.1) is 35.4 Å². The number of rotatable bonds is 6. The summed E-state index contributed by atoms with van der Waals surface area (Å²) in [4.78, 5) is 0. The molecule has 6 nitrogen and oxygen atoms in total. The molecular weight excluding hydrogens is 500 g/mol. The summed E-state index contributed by atoms with van der Waals surface area (Å²) in [6.07, 6.45) is -7.31. The van der Waals surface area contributed by atoms with E-state index in [9.17, 15) is 31.6 Å². The molecule has 0 spiro atoms. The van der Waals surface area contributed by atoms with Gasteiger partial charge in [0.2, 0.25) is 0 Å². The van der Waals surface area contributed by atoms with Gasteiger partial charge < -0.3 is 10.1 Å². The number of alkyl halides is 6. The maximum absolute atomic E-state index is 13.3. The fourth-order valence-electron chi connectivity index (χ4n) is 4.49. The lowest BCUT2D eigenvalue weighted by Crippen LogP contribution is -2.58. The molecule has 1 saturated heterocycles. The average Bonchev–Trinajstić information content (AvgIpc) is 3.43. The van der Waals surface area contributed by atoms with Crippen LogP contribution in [0, 0.1) is 11.3 Å². The van der Waals surface area contributed by atoms with E-state index in [0.29, 0.717) is 25.0 Å². The van der Waals surface area contributed by atoms with Gasteiger partial charge in [0.1, 0.15) is 18.2 Å². The van der Waals surface area contributed by atoms with Gasteiger partial charge in [0.25, 0.3) is 0 Å². The highest BCUT2D eigenvalue weighted by molar-refractivity contribution is 5.35. The van der Waals surface area contributed by atoms with Crippen molar-refractivity contribution in [2.24, 2.45) is 0 Å². The molecule has 2 aromatic carbocycles. The van der Waals surface area contributed by atoms with E-state index in [1.165, 1.54) is 19.6 Å². The van der Waals surface area contributed by atoms with E-state index in [1.54, 1.807) is 4.57 Å². The minimum absolute atomic E-state index is 0.0561. The molecule has 0 radical (unpaired) electrons. The Morgan fingerprint density at radius 2 is 1.59 bits per heavy atom. The molecule has 1 N–H and O–H groups in total. The number of halogens is 6. The average molecular weight is 523 g/mol. The van der Waals surface area contributed by atoms with Crippen LogP contribution in [0.25, 0.3) is 0 Å². The minimum atomic E-state index is -4.95. The van der Waals surface area contributed by atoms with E-state index < -0.39 is 40.7 Å². The van der Waals surface area contributed by atoms with Crippen molar-refractivity contribution < 1.29 is 31.1 Å². The minimum Gasteiger partial charge on any atom is -0.372 e. The number of ether oxygens (including phenoxy) is 1. The van der Waals surface area contributed by atoms with Crippen LogP contribution in [0.3, 0.4) is 0 Å². The fraction of sp³-hybridized carbons (Fsp3) is 0.400. The second kappa shape index (κ2) is 9.79. The van der Waals surface area contributed by atoms with Crippen LogP contribution in [0.1, 0.15) is 48.1 Å². The number of nitrogens with zero attached hydrogens (tertiary/aromatic N) is 4. The first-order valence-corrected chi connectivity index (χ1v) is 11.4. The van der Waals surface area contributed by atoms with E-state index in [4.69, 9.17) is 4.74 Å². The molecule has 3 atom stereocenters. The third-order valence-electron chi connectivity index (χ3n) is 6.79. The summed E-state index contributed by atoms with van der Waals surface area (Å²) in [6, 6.07) is 12.9. The first-order chi connectivity index (χ1) is 17.4. The number of hydrogen-bond donors (Lipinski definition) is 1. The van der Waals surface area contributed by atoms with Crippen molar-refractivity contribution in [2.45, 2.75) is 49.3 Å². The van der Waals surface area contributed by atoms with Crippen molar-refractivity contribution in [3.63, 3.8) is 0 Å². The number of aromatic nitrogens is 3. The molecule has 0 amide bonds. The number of piperidine rings is 1. The van der Waals surface area contributed by atoms with Crippen LogP contribution >= 0.6 is 0 Å². The highest BCUT2D eigenvalue weighted by atomic mass is 19.4. The monoisotopic (exact) mass is 523 g/mol. The maximum atomic E-state index is 13.3. The second-order valence-corrected chi connectivity index (χ2v) is 9.11. The number of hydrogen-bond acceptors (Lipinski definition) is 5. The molecule has 1 aliphatic heterocycles. The van der Waals surface area contributed by atoms with Gasteiger partial charge in [-0.1, -0.05) is 30.3 Å². The molecule has 3 aromatic rings. The summed E-state index contributed by atoms with van der Waals surface area (Å²) < 4.78 is 87.5. The molecule has 0 unspecified atom stereocenters. The van der Waals surface area contributed by atoms with E-state index in [2.05, 4.69) is 21.6 Å². The summed E-state index contributed by atoms with van der Waals surface area (Å²) in [5.74, 6) is 0.